The first-order chi connectivity index (χ1) is 24.5. The van der Waals surface area contributed by atoms with E-state index >= 15 is 0 Å². The zero-order valence-electron chi connectivity index (χ0n) is 28.2. The van der Waals surface area contributed by atoms with Crippen LogP contribution in [0.3, 0.4) is 0 Å². The van der Waals surface area contributed by atoms with Gasteiger partial charge in [0.2, 0.25) is 0 Å². The molecule has 10 nitrogen and oxygen atoms in total. The summed E-state index contributed by atoms with van der Waals surface area (Å²) in [6.45, 7) is 4.50. The third kappa shape index (κ3) is 5.48. The quantitative estimate of drug-likeness (QED) is 0.159. The standard InChI is InChI=1S/C40H40N6O4/c1-23-8-13-35(46(23)40(47)50-21-24-6-4-3-5-7-24)39-43-32-12-10-26-16-31-29-11-9-27(15-28(29)22-49-36(31)17-30(26)37(32)45-39)34-19-42-38(44-34)33-14-25(18-41-33)20-48-2/h3-7,9-12,15-17,19,23,25,33,35,41H,8,13-14,18,20-22H2,1-2H3,(H,42,44)(H,43,45)/t23-,25-,33-,35-/m0/s1. The summed E-state index contributed by atoms with van der Waals surface area (Å²) in [5.74, 6) is 3.11. The van der Waals surface area contributed by atoms with E-state index in [-0.39, 0.29) is 30.8 Å². The Balaban J connectivity index is 0.974. The fourth-order valence-electron chi connectivity index (χ4n) is 8.03. The van der Waals surface area contributed by atoms with Gasteiger partial charge in [-0.1, -0.05) is 48.5 Å². The number of aromatic nitrogens is 4. The molecule has 50 heavy (non-hydrogen) atoms. The number of hydrogen-bond donors (Lipinski definition) is 3. The fourth-order valence-corrected chi connectivity index (χ4v) is 8.03. The second-order valence-electron chi connectivity index (χ2n) is 13.9. The van der Waals surface area contributed by atoms with Gasteiger partial charge in [-0.15, -0.1) is 0 Å². The smallest absolute Gasteiger partial charge is 0.410 e. The van der Waals surface area contributed by atoms with Gasteiger partial charge in [0.15, 0.2) is 0 Å². The number of nitrogens with one attached hydrogen (secondary N) is 3. The molecule has 1 amide bonds. The van der Waals surface area contributed by atoms with Gasteiger partial charge in [-0.3, -0.25) is 4.90 Å². The Morgan fingerprint density at radius 2 is 1.90 bits per heavy atom. The summed E-state index contributed by atoms with van der Waals surface area (Å²) >= 11 is 0. The van der Waals surface area contributed by atoms with E-state index in [2.05, 4.69) is 64.7 Å². The lowest BCUT2D eigenvalue weighted by Gasteiger charge is -2.26. The minimum Gasteiger partial charge on any atom is -0.488 e. The summed E-state index contributed by atoms with van der Waals surface area (Å²) in [7, 11) is 1.76. The minimum absolute atomic E-state index is 0.0581. The van der Waals surface area contributed by atoms with Crippen LogP contribution >= 0.6 is 0 Å². The van der Waals surface area contributed by atoms with Gasteiger partial charge in [0.1, 0.15) is 30.6 Å². The number of rotatable bonds is 7. The van der Waals surface area contributed by atoms with Crippen molar-refractivity contribution in [2.24, 2.45) is 5.92 Å². The molecule has 2 aromatic heterocycles. The third-order valence-corrected chi connectivity index (χ3v) is 10.6. The maximum atomic E-state index is 13.3. The van der Waals surface area contributed by atoms with Crippen LogP contribution < -0.4 is 10.1 Å². The number of hydrogen-bond acceptors (Lipinski definition) is 7. The van der Waals surface area contributed by atoms with E-state index in [1.807, 2.05) is 41.4 Å². The monoisotopic (exact) mass is 668 g/mol. The number of imidazole rings is 2. The summed E-state index contributed by atoms with van der Waals surface area (Å²) in [6.07, 6.45) is 4.34. The van der Waals surface area contributed by atoms with E-state index in [9.17, 15) is 4.79 Å². The summed E-state index contributed by atoms with van der Waals surface area (Å²) < 4.78 is 17.5. The maximum Gasteiger partial charge on any atom is 0.410 e. The van der Waals surface area contributed by atoms with Gasteiger partial charge >= 0.3 is 6.09 Å². The number of methoxy groups -OCH3 is 1. The van der Waals surface area contributed by atoms with Crippen molar-refractivity contribution in [3.05, 3.63) is 102 Å². The largest absolute Gasteiger partial charge is 0.488 e. The molecule has 4 atom stereocenters. The number of amides is 1. The number of H-pyrrole nitrogens is 2. The zero-order valence-corrected chi connectivity index (χ0v) is 28.2. The lowest BCUT2D eigenvalue weighted by Crippen LogP contribution is -2.36. The Morgan fingerprint density at radius 1 is 1.00 bits per heavy atom. The van der Waals surface area contributed by atoms with Gasteiger partial charge < -0.3 is 29.5 Å². The number of benzene rings is 4. The Morgan fingerprint density at radius 3 is 2.78 bits per heavy atom. The fraction of sp³-hybridized carbons (Fsp3) is 0.325. The molecule has 5 heterocycles. The topological polar surface area (TPSA) is 117 Å². The van der Waals surface area contributed by atoms with Crippen molar-refractivity contribution in [1.82, 2.24) is 30.2 Å². The molecule has 4 aromatic carbocycles. The highest BCUT2D eigenvalue weighted by Crippen LogP contribution is 2.43. The predicted molar refractivity (Wildman–Crippen MR) is 192 cm³/mol. The van der Waals surface area contributed by atoms with Crippen LogP contribution in [0.4, 0.5) is 4.79 Å². The molecular formula is C40H40N6O4. The van der Waals surface area contributed by atoms with Crippen LogP contribution in [0.2, 0.25) is 0 Å². The lowest BCUT2D eigenvalue weighted by molar-refractivity contribution is 0.0794. The summed E-state index contributed by atoms with van der Waals surface area (Å²) in [5.41, 5.74) is 8.26. The van der Waals surface area contributed by atoms with Crippen LogP contribution in [0.5, 0.6) is 5.75 Å². The van der Waals surface area contributed by atoms with Gasteiger partial charge in [-0.2, -0.15) is 0 Å². The Bertz CT molecular complexity index is 2210. The van der Waals surface area contributed by atoms with Crippen LogP contribution in [0.15, 0.2) is 79.0 Å². The lowest BCUT2D eigenvalue weighted by atomic mass is 9.92. The Hall–Kier alpha value is -5.19. The average molecular weight is 669 g/mol. The molecule has 3 N–H and O–H groups in total. The summed E-state index contributed by atoms with van der Waals surface area (Å²) in [5, 5.41) is 5.71. The number of ether oxygens (including phenoxy) is 3. The van der Waals surface area contributed by atoms with Crippen molar-refractivity contribution < 1.29 is 19.0 Å². The molecule has 9 rings (SSSR count). The van der Waals surface area contributed by atoms with Crippen molar-refractivity contribution in [2.75, 3.05) is 20.3 Å². The molecule has 0 spiro atoms. The molecule has 0 unspecified atom stereocenters. The number of carbonyl (C=O) groups is 1. The number of carbonyl (C=O) groups excluding carboxylic acids is 1. The van der Waals surface area contributed by atoms with Crippen molar-refractivity contribution in [3.8, 4) is 28.1 Å². The van der Waals surface area contributed by atoms with Crippen molar-refractivity contribution in [3.63, 3.8) is 0 Å². The number of nitrogens with zero attached hydrogens (tertiary/aromatic N) is 3. The molecule has 2 saturated heterocycles. The molecule has 0 saturated carbocycles. The van der Waals surface area contributed by atoms with Gasteiger partial charge in [0, 0.05) is 30.6 Å². The minimum atomic E-state index is -0.312. The van der Waals surface area contributed by atoms with Crippen LogP contribution in [0.1, 0.15) is 61.0 Å². The SMILES string of the molecule is COC[C@@H]1CN[C@H](c2ncc(-c3ccc4c(c3)COc3cc5c(ccc6nc([C@@H]7CC[C@H](C)N7C(=O)OCc7ccccc7)[nH]c65)cc3-4)[nH]2)C1. The van der Waals surface area contributed by atoms with E-state index in [4.69, 9.17) is 24.2 Å². The molecule has 254 valence electrons. The second kappa shape index (κ2) is 12.6. The first kappa shape index (κ1) is 30.8. The Kier molecular flexibility index (Phi) is 7.77. The molecule has 0 bridgehead atoms. The van der Waals surface area contributed by atoms with Crippen molar-refractivity contribution in [1.29, 1.82) is 0 Å². The van der Waals surface area contributed by atoms with Crippen LogP contribution in [-0.2, 0) is 22.7 Å². The molecule has 0 radical (unpaired) electrons. The first-order valence-corrected chi connectivity index (χ1v) is 17.5. The molecule has 6 aromatic rings. The van der Waals surface area contributed by atoms with E-state index in [0.717, 1.165) is 99.6 Å². The molecule has 3 aliphatic rings. The normalized spacial score (nSPS) is 21.4. The van der Waals surface area contributed by atoms with E-state index in [0.29, 0.717) is 12.5 Å². The molecule has 2 fully saturated rings. The van der Waals surface area contributed by atoms with Gasteiger partial charge in [0.05, 0.1) is 41.6 Å². The van der Waals surface area contributed by atoms with Crippen molar-refractivity contribution in [2.45, 2.75) is 57.5 Å². The molecular weight excluding hydrogens is 628 g/mol. The zero-order chi connectivity index (χ0) is 33.8. The molecule has 3 aliphatic heterocycles. The highest BCUT2D eigenvalue weighted by molar-refractivity contribution is 6.07. The van der Waals surface area contributed by atoms with Gasteiger partial charge in [-0.25, -0.2) is 14.8 Å². The third-order valence-electron chi connectivity index (χ3n) is 10.6. The highest BCUT2D eigenvalue weighted by Gasteiger charge is 2.38. The van der Waals surface area contributed by atoms with Gasteiger partial charge in [0.25, 0.3) is 0 Å². The van der Waals surface area contributed by atoms with E-state index in [1.54, 1.807) is 7.11 Å². The van der Waals surface area contributed by atoms with Crippen molar-refractivity contribution >= 4 is 27.9 Å². The Labute approximate surface area is 290 Å². The molecule has 0 aliphatic carbocycles. The maximum absolute atomic E-state index is 13.3. The van der Waals surface area contributed by atoms with Crippen LogP contribution in [-0.4, -0.2) is 57.2 Å². The summed E-state index contributed by atoms with van der Waals surface area (Å²) in [6, 6.07) is 24.9. The summed E-state index contributed by atoms with van der Waals surface area (Å²) in [4.78, 5) is 32.0. The highest BCUT2D eigenvalue weighted by atomic mass is 16.6. The predicted octanol–water partition coefficient (Wildman–Crippen LogP) is 7.82. The van der Waals surface area contributed by atoms with Crippen LogP contribution in [0, 0.1) is 5.92 Å². The van der Waals surface area contributed by atoms with Crippen LogP contribution in [0.25, 0.3) is 44.2 Å². The van der Waals surface area contributed by atoms with E-state index < -0.39 is 0 Å². The number of likely N-dealkylation sites (tertiary alicyclic amines) is 1. The second-order valence-corrected chi connectivity index (χ2v) is 13.9. The van der Waals surface area contributed by atoms with E-state index in [1.165, 1.54) is 5.56 Å². The number of aromatic amines is 2. The average Bonchev–Trinajstić information content (AvgIpc) is 3.96. The first-order valence-electron chi connectivity index (χ1n) is 17.5. The van der Waals surface area contributed by atoms with Gasteiger partial charge in [-0.05, 0) is 84.0 Å². The number of fused-ring (bicyclic) bond motifs is 6. The molecule has 10 heteroatoms.